The van der Waals surface area contributed by atoms with Crippen molar-refractivity contribution in [1.82, 2.24) is 0 Å². The zero-order valence-electron chi connectivity index (χ0n) is 18.6. The number of rotatable bonds is 8. The van der Waals surface area contributed by atoms with Crippen LogP contribution in [0.25, 0.3) is 0 Å². The topological polar surface area (TPSA) is 65.1 Å². The molecule has 0 N–H and O–H groups in total. The number of benzene rings is 3. The third-order valence-electron chi connectivity index (χ3n) is 5.24. The Morgan fingerprint density at radius 1 is 0.875 bits per heavy atom. The van der Waals surface area contributed by atoms with E-state index in [2.05, 4.69) is 0 Å². The average molecular weight is 460 g/mol. The van der Waals surface area contributed by atoms with Crippen molar-refractivity contribution in [3.05, 3.63) is 77.6 Å². The number of ether oxygens (including phenoxy) is 3. The Morgan fingerprint density at radius 3 is 2.25 bits per heavy atom. The van der Waals surface area contributed by atoms with Gasteiger partial charge >= 0.3 is 0 Å². The van der Waals surface area contributed by atoms with E-state index in [1.807, 2.05) is 0 Å². The minimum Gasteiger partial charge on any atom is -0.497 e. The smallest absolute Gasteiger partial charge is 0.265 e. The van der Waals surface area contributed by atoms with Gasteiger partial charge in [-0.15, -0.1) is 0 Å². The van der Waals surface area contributed by atoms with E-state index in [4.69, 9.17) is 14.2 Å². The van der Waals surface area contributed by atoms with Crippen LogP contribution in [0.5, 0.6) is 17.2 Å². The number of hydrogen-bond acceptors (Lipinski definition) is 5. The van der Waals surface area contributed by atoms with Gasteiger partial charge in [-0.2, -0.15) is 0 Å². The van der Waals surface area contributed by atoms with Crippen molar-refractivity contribution in [1.29, 1.82) is 0 Å². The second-order valence-corrected chi connectivity index (χ2v) is 8.99. The van der Waals surface area contributed by atoms with Crippen LogP contribution in [0.4, 0.5) is 10.1 Å². The minimum absolute atomic E-state index is 0.104. The number of aryl methyl sites for hydroxylation is 1. The van der Waals surface area contributed by atoms with Crippen LogP contribution in [-0.2, 0) is 10.0 Å². The SMILES string of the molecule is COc1cccc(N(C(C)c2ccc(OC)c(OC)c2)S(=O)(=O)c2cc(F)ccc2C)c1. The molecule has 0 heterocycles. The molecule has 3 rings (SSSR count). The van der Waals surface area contributed by atoms with E-state index < -0.39 is 21.9 Å². The number of methoxy groups -OCH3 is 3. The molecule has 6 nitrogen and oxygen atoms in total. The van der Waals surface area contributed by atoms with Crippen molar-refractivity contribution in [3.63, 3.8) is 0 Å². The normalized spacial score (nSPS) is 12.2. The maximum atomic E-state index is 14.0. The first-order valence-corrected chi connectivity index (χ1v) is 11.3. The number of halogens is 1. The first kappa shape index (κ1) is 23.4. The molecule has 0 fully saturated rings. The molecule has 0 aliphatic rings. The van der Waals surface area contributed by atoms with E-state index in [-0.39, 0.29) is 4.90 Å². The van der Waals surface area contributed by atoms with E-state index in [0.29, 0.717) is 34.1 Å². The fourth-order valence-corrected chi connectivity index (χ4v) is 5.40. The molecule has 0 aliphatic carbocycles. The number of hydrogen-bond donors (Lipinski definition) is 0. The zero-order chi connectivity index (χ0) is 23.5. The van der Waals surface area contributed by atoms with Crippen LogP contribution in [0.3, 0.4) is 0 Å². The van der Waals surface area contributed by atoms with Crippen molar-refractivity contribution in [3.8, 4) is 17.2 Å². The molecular weight excluding hydrogens is 433 g/mol. The molecule has 1 unspecified atom stereocenters. The van der Waals surface area contributed by atoms with Crippen LogP contribution in [0.15, 0.2) is 65.6 Å². The van der Waals surface area contributed by atoms with Gasteiger partial charge in [0.25, 0.3) is 10.0 Å². The van der Waals surface area contributed by atoms with E-state index in [9.17, 15) is 12.8 Å². The average Bonchev–Trinajstić information content (AvgIpc) is 2.80. The maximum Gasteiger partial charge on any atom is 0.265 e. The van der Waals surface area contributed by atoms with Crippen LogP contribution in [0.2, 0.25) is 0 Å². The Hall–Kier alpha value is -3.26. The summed E-state index contributed by atoms with van der Waals surface area (Å²) in [5, 5.41) is 0. The quantitative estimate of drug-likeness (QED) is 0.468. The lowest BCUT2D eigenvalue weighted by Gasteiger charge is -2.32. The van der Waals surface area contributed by atoms with Crippen LogP contribution >= 0.6 is 0 Å². The van der Waals surface area contributed by atoms with E-state index >= 15 is 0 Å². The highest BCUT2D eigenvalue weighted by molar-refractivity contribution is 7.92. The maximum absolute atomic E-state index is 14.0. The molecule has 0 amide bonds. The van der Waals surface area contributed by atoms with Gasteiger partial charge in [-0.1, -0.05) is 18.2 Å². The zero-order valence-corrected chi connectivity index (χ0v) is 19.4. The molecule has 0 bridgehead atoms. The van der Waals surface area contributed by atoms with E-state index in [1.54, 1.807) is 56.3 Å². The first-order chi connectivity index (χ1) is 15.2. The van der Waals surface area contributed by atoms with Gasteiger partial charge in [-0.05, 0) is 61.4 Å². The monoisotopic (exact) mass is 459 g/mol. The summed E-state index contributed by atoms with van der Waals surface area (Å²) in [5.41, 5.74) is 1.50. The van der Waals surface area contributed by atoms with Crippen molar-refractivity contribution >= 4 is 15.7 Å². The molecule has 0 spiro atoms. The van der Waals surface area contributed by atoms with Gasteiger partial charge < -0.3 is 14.2 Å². The Bertz CT molecular complexity index is 1210. The highest BCUT2D eigenvalue weighted by Crippen LogP contribution is 2.38. The Labute approximate surface area is 188 Å². The Morgan fingerprint density at radius 2 is 1.59 bits per heavy atom. The summed E-state index contributed by atoms with van der Waals surface area (Å²) in [4.78, 5) is -0.104. The van der Waals surface area contributed by atoms with Gasteiger partial charge in [0, 0.05) is 6.07 Å². The van der Waals surface area contributed by atoms with Crippen molar-refractivity contribution in [2.75, 3.05) is 25.6 Å². The lowest BCUT2D eigenvalue weighted by Crippen LogP contribution is -2.34. The minimum atomic E-state index is -4.15. The molecule has 170 valence electrons. The second kappa shape index (κ2) is 9.48. The lowest BCUT2D eigenvalue weighted by molar-refractivity contribution is 0.354. The molecule has 0 aliphatic heterocycles. The molecule has 1 atom stereocenters. The predicted octanol–water partition coefficient (Wildman–Crippen LogP) is 5.12. The molecule has 0 radical (unpaired) electrons. The third kappa shape index (κ3) is 4.50. The standard InChI is InChI=1S/C24H26FNO5S/c1-16-9-11-19(25)14-24(16)32(27,28)26(20-7-6-8-21(15-20)29-3)17(2)18-10-12-22(30-4)23(13-18)31-5/h6-15,17H,1-5H3. The van der Waals surface area contributed by atoms with Gasteiger partial charge in [-0.25, -0.2) is 12.8 Å². The molecule has 32 heavy (non-hydrogen) atoms. The van der Waals surface area contributed by atoms with Gasteiger partial charge in [0.15, 0.2) is 11.5 Å². The van der Waals surface area contributed by atoms with E-state index in [1.165, 1.54) is 37.8 Å². The van der Waals surface area contributed by atoms with Gasteiger partial charge in [0.2, 0.25) is 0 Å². The highest BCUT2D eigenvalue weighted by Gasteiger charge is 2.32. The van der Waals surface area contributed by atoms with E-state index in [0.717, 1.165) is 6.07 Å². The lowest BCUT2D eigenvalue weighted by atomic mass is 10.1. The van der Waals surface area contributed by atoms with Crippen molar-refractivity contribution in [2.45, 2.75) is 24.8 Å². The first-order valence-electron chi connectivity index (χ1n) is 9.89. The largest absolute Gasteiger partial charge is 0.497 e. The molecule has 0 aromatic heterocycles. The van der Waals surface area contributed by atoms with Crippen LogP contribution in [0.1, 0.15) is 24.1 Å². The molecule has 8 heteroatoms. The predicted molar refractivity (Wildman–Crippen MR) is 122 cm³/mol. The summed E-state index contributed by atoms with van der Waals surface area (Å²) in [5.74, 6) is 0.874. The summed E-state index contributed by atoms with van der Waals surface area (Å²) in [7, 11) is 0.399. The molecule has 0 saturated heterocycles. The molecular formula is C24H26FNO5S. The number of anilines is 1. The van der Waals surface area contributed by atoms with Crippen molar-refractivity contribution in [2.24, 2.45) is 0 Å². The van der Waals surface area contributed by atoms with Crippen LogP contribution in [0, 0.1) is 12.7 Å². The van der Waals surface area contributed by atoms with Gasteiger partial charge in [-0.3, -0.25) is 4.31 Å². The number of sulfonamides is 1. The van der Waals surface area contributed by atoms with Crippen LogP contribution < -0.4 is 18.5 Å². The number of nitrogens with zero attached hydrogens (tertiary/aromatic N) is 1. The fraction of sp³-hybridized carbons (Fsp3) is 0.250. The summed E-state index contributed by atoms with van der Waals surface area (Å²) < 4.78 is 59.0. The third-order valence-corrected chi connectivity index (χ3v) is 7.28. The molecule has 3 aromatic carbocycles. The van der Waals surface area contributed by atoms with Gasteiger partial charge in [0.1, 0.15) is 11.6 Å². The Balaban J connectivity index is 2.22. The van der Waals surface area contributed by atoms with Crippen molar-refractivity contribution < 1.29 is 27.0 Å². The Kier molecular flexibility index (Phi) is 6.93. The van der Waals surface area contributed by atoms with Crippen LogP contribution in [-0.4, -0.2) is 29.7 Å². The summed E-state index contributed by atoms with van der Waals surface area (Å²) >= 11 is 0. The highest BCUT2D eigenvalue weighted by atomic mass is 32.2. The second-order valence-electron chi connectivity index (χ2n) is 7.20. The van der Waals surface area contributed by atoms with Gasteiger partial charge in [0.05, 0.1) is 38.0 Å². The summed E-state index contributed by atoms with van der Waals surface area (Å²) in [6.45, 7) is 3.39. The summed E-state index contributed by atoms with van der Waals surface area (Å²) in [6.07, 6.45) is 0. The molecule has 3 aromatic rings. The summed E-state index contributed by atoms with van der Waals surface area (Å²) in [6, 6.07) is 15.0. The molecule has 0 saturated carbocycles. The fourth-order valence-electron chi connectivity index (χ4n) is 3.52.